The highest BCUT2D eigenvalue weighted by Crippen LogP contribution is 2.36. The van der Waals surface area contributed by atoms with Gasteiger partial charge >= 0.3 is 0 Å². The van der Waals surface area contributed by atoms with E-state index < -0.39 is 0 Å². The van der Waals surface area contributed by atoms with E-state index in [1.54, 1.807) is 11.3 Å². The van der Waals surface area contributed by atoms with Crippen molar-refractivity contribution in [1.82, 2.24) is 0 Å². The van der Waals surface area contributed by atoms with Crippen LogP contribution in [0.2, 0.25) is 0 Å². The molecule has 1 aromatic heterocycles. The standard InChI is InChI=1S/C15H17ClS/c1-9-5-10(2)7-13(6-9)14(16)15-11(3)8-12(4)17-15/h5-8,14H,1-4H3. The topological polar surface area (TPSA) is 0 Å². The minimum absolute atomic E-state index is 0.0210. The first kappa shape index (κ1) is 12.7. The second-order valence-corrected chi connectivity index (χ2v) is 6.41. The van der Waals surface area contributed by atoms with Crippen LogP contribution < -0.4 is 0 Å². The Kier molecular flexibility index (Phi) is 3.60. The summed E-state index contributed by atoms with van der Waals surface area (Å²) in [5.74, 6) is 0. The molecule has 90 valence electrons. The monoisotopic (exact) mass is 264 g/mol. The summed E-state index contributed by atoms with van der Waals surface area (Å²) in [7, 11) is 0. The van der Waals surface area contributed by atoms with Crippen LogP contribution in [0, 0.1) is 27.7 Å². The molecular formula is C15H17ClS. The average molecular weight is 265 g/mol. The lowest BCUT2D eigenvalue weighted by atomic mass is 10.0. The minimum Gasteiger partial charge on any atom is -0.143 e. The number of halogens is 1. The molecule has 2 heteroatoms. The molecule has 2 aromatic rings. The normalized spacial score (nSPS) is 12.8. The molecule has 0 N–H and O–H groups in total. The van der Waals surface area contributed by atoms with Gasteiger partial charge in [-0.2, -0.15) is 0 Å². The molecule has 0 saturated heterocycles. The van der Waals surface area contributed by atoms with Gasteiger partial charge in [-0.25, -0.2) is 0 Å². The lowest BCUT2D eigenvalue weighted by Crippen LogP contribution is -1.94. The number of hydrogen-bond acceptors (Lipinski definition) is 1. The van der Waals surface area contributed by atoms with Crippen LogP contribution in [0.4, 0.5) is 0 Å². The zero-order valence-corrected chi connectivity index (χ0v) is 12.2. The van der Waals surface area contributed by atoms with Gasteiger partial charge in [-0.3, -0.25) is 0 Å². The molecule has 1 atom stereocenters. The molecule has 0 amide bonds. The molecule has 0 aliphatic rings. The Balaban J connectivity index is 2.43. The lowest BCUT2D eigenvalue weighted by Gasteiger charge is -2.11. The Morgan fingerprint density at radius 1 is 0.941 bits per heavy atom. The van der Waals surface area contributed by atoms with E-state index in [9.17, 15) is 0 Å². The predicted molar refractivity (Wildman–Crippen MR) is 77.4 cm³/mol. The van der Waals surface area contributed by atoms with Gasteiger partial charge in [-0.05, 0) is 44.9 Å². The summed E-state index contributed by atoms with van der Waals surface area (Å²) in [6.07, 6.45) is 0. The van der Waals surface area contributed by atoms with Crippen molar-refractivity contribution in [2.75, 3.05) is 0 Å². The van der Waals surface area contributed by atoms with Crippen LogP contribution in [0.5, 0.6) is 0 Å². The molecule has 0 spiro atoms. The Labute approximate surface area is 112 Å². The Morgan fingerprint density at radius 2 is 1.53 bits per heavy atom. The van der Waals surface area contributed by atoms with Crippen molar-refractivity contribution in [3.05, 3.63) is 56.3 Å². The third kappa shape index (κ3) is 2.72. The summed E-state index contributed by atoms with van der Waals surface area (Å²) in [5.41, 5.74) is 5.05. The van der Waals surface area contributed by atoms with Gasteiger partial charge in [0.2, 0.25) is 0 Å². The molecule has 0 saturated carbocycles. The van der Waals surface area contributed by atoms with Crippen LogP contribution in [0.15, 0.2) is 24.3 Å². The van der Waals surface area contributed by atoms with E-state index in [1.165, 1.54) is 32.0 Å². The van der Waals surface area contributed by atoms with Gasteiger partial charge in [0.1, 0.15) is 0 Å². The van der Waals surface area contributed by atoms with Crippen molar-refractivity contribution >= 4 is 22.9 Å². The maximum atomic E-state index is 6.60. The van der Waals surface area contributed by atoms with E-state index in [1.807, 2.05) is 0 Å². The molecule has 1 heterocycles. The maximum Gasteiger partial charge on any atom is 0.0930 e. The number of thiophene rings is 1. The molecule has 0 aliphatic heterocycles. The van der Waals surface area contributed by atoms with Gasteiger partial charge in [0, 0.05) is 9.75 Å². The summed E-state index contributed by atoms with van der Waals surface area (Å²) in [4.78, 5) is 2.60. The van der Waals surface area contributed by atoms with Gasteiger partial charge in [-0.1, -0.05) is 29.3 Å². The summed E-state index contributed by atoms with van der Waals surface area (Å²) in [6.45, 7) is 8.50. The van der Waals surface area contributed by atoms with Gasteiger partial charge in [-0.15, -0.1) is 22.9 Å². The second-order valence-electron chi connectivity index (χ2n) is 4.69. The number of hydrogen-bond donors (Lipinski definition) is 0. The van der Waals surface area contributed by atoms with Gasteiger partial charge < -0.3 is 0 Å². The first-order valence-electron chi connectivity index (χ1n) is 5.76. The molecule has 0 fully saturated rings. The highest BCUT2D eigenvalue weighted by Gasteiger charge is 2.16. The van der Waals surface area contributed by atoms with Crippen molar-refractivity contribution in [1.29, 1.82) is 0 Å². The summed E-state index contributed by atoms with van der Waals surface area (Å²) in [6, 6.07) is 8.75. The van der Waals surface area contributed by atoms with Gasteiger partial charge in [0.05, 0.1) is 5.38 Å². The second kappa shape index (κ2) is 4.83. The molecule has 1 aromatic carbocycles. The van der Waals surface area contributed by atoms with E-state index in [0.29, 0.717) is 0 Å². The zero-order valence-electron chi connectivity index (χ0n) is 10.7. The molecule has 17 heavy (non-hydrogen) atoms. The van der Waals surface area contributed by atoms with Crippen molar-refractivity contribution < 1.29 is 0 Å². The van der Waals surface area contributed by atoms with Crippen LogP contribution in [0.3, 0.4) is 0 Å². The highest BCUT2D eigenvalue weighted by atomic mass is 35.5. The Bertz CT molecular complexity index is 520. The van der Waals surface area contributed by atoms with Crippen molar-refractivity contribution in [3.63, 3.8) is 0 Å². The largest absolute Gasteiger partial charge is 0.143 e. The van der Waals surface area contributed by atoms with Crippen LogP contribution in [-0.2, 0) is 0 Å². The van der Waals surface area contributed by atoms with Crippen molar-refractivity contribution in [2.45, 2.75) is 33.1 Å². The van der Waals surface area contributed by atoms with Gasteiger partial charge in [0.15, 0.2) is 0 Å². The third-order valence-corrected chi connectivity index (χ3v) is 4.66. The van der Waals surface area contributed by atoms with Crippen LogP contribution in [-0.4, -0.2) is 0 Å². The number of aryl methyl sites for hydroxylation is 4. The fourth-order valence-electron chi connectivity index (χ4n) is 2.22. The summed E-state index contributed by atoms with van der Waals surface area (Å²) < 4.78 is 0. The third-order valence-electron chi connectivity index (χ3n) is 2.85. The predicted octanol–water partition coefficient (Wildman–Crippen LogP) is 5.31. The average Bonchev–Trinajstić information content (AvgIpc) is 2.55. The maximum absolute atomic E-state index is 6.60. The molecule has 1 unspecified atom stereocenters. The smallest absolute Gasteiger partial charge is 0.0930 e. The first-order valence-corrected chi connectivity index (χ1v) is 7.02. The highest BCUT2D eigenvalue weighted by molar-refractivity contribution is 7.12. The molecule has 0 bridgehead atoms. The SMILES string of the molecule is Cc1cc(C)cc(C(Cl)c2sc(C)cc2C)c1. The fourth-order valence-corrected chi connectivity index (χ4v) is 3.69. The molecular weight excluding hydrogens is 248 g/mol. The van der Waals surface area contributed by atoms with Gasteiger partial charge in [0.25, 0.3) is 0 Å². The van der Waals surface area contributed by atoms with Crippen LogP contribution in [0.25, 0.3) is 0 Å². The Morgan fingerprint density at radius 3 is 2.00 bits per heavy atom. The molecule has 0 nitrogen and oxygen atoms in total. The number of alkyl halides is 1. The van der Waals surface area contributed by atoms with Crippen molar-refractivity contribution in [2.24, 2.45) is 0 Å². The molecule has 2 rings (SSSR count). The molecule has 0 aliphatic carbocycles. The van der Waals surface area contributed by atoms with Crippen LogP contribution in [0.1, 0.15) is 37.4 Å². The Hall–Kier alpha value is -0.790. The van der Waals surface area contributed by atoms with E-state index in [0.717, 1.165) is 0 Å². The van der Waals surface area contributed by atoms with E-state index in [4.69, 9.17) is 11.6 Å². The van der Waals surface area contributed by atoms with Crippen LogP contribution >= 0.6 is 22.9 Å². The number of benzene rings is 1. The van der Waals surface area contributed by atoms with E-state index >= 15 is 0 Å². The van der Waals surface area contributed by atoms with Crippen molar-refractivity contribution in [3.8, 4) is 0 Å². The quantitative estimate of drug-likeness (QED) is 0.645. The fraction of sp³-hybridized carbons (Fsp3) is 0.333. The lowest BCUT2D eigenvalue weighted by molar-refractivity contribution is 1.14. The zero-order chi connectivity index (χ0) is 12.6. The first-order chi connectivity index (χ1) is 7.97. The van der Waals surface area contributed by atoms with E-state index in [-0.39, 0.29) is 5.38 Å². The minimum atomic E-state index is -0.0210. The number of rotatable bonds is 2. The summed E-state index contributed by atoms with van der Waals surface area (Å²) in [5, 5.41) is -0.0210. The van der Waals surface area contributed by atoms with E-state index in [2.05, 4.69) is 52.0 Å². The molecule has 0 radical (unpaired) electrons. The summed E-state index contributed by atoms with van der Waals surface area (Å²) >= 11 is 8.40.